The lowest BCUT2D eigenvalue weighted by atomic mass is 10.0. The first-order valence-electron chi connectivity index (χ1n) is 7.87. The van der Waals surface area contributed by atoms with Gasteiger partial charge < -0.3 is 4.90 Å². The predicted molar refractivity (Wildman–Crippen MR) is 88.4 cm³/mol. The van der Waals surface area contributed by atoms with Gasteiger partial charge in [0, 0.05) is 36.0 Å². The Labute approximate surface area is 131 Å². The van der Waals surface area contributed by atoms with Crippen LogP contribution in [0.2, 0.25) is 0 Å². The summed E-state index contributed by atoms with van der Waals surface area (Å²) in [4.78, 5) is 2.40. The minimum atomic E-state index is 0.593. The van der Waals surface area contributed by atoms with Crippen LogP contribution in [0.3, 0.4) is 0 Å². The molecule has 0 heterocycles. The number of anilines is 1. The van der Waals surface area contributed by atoms with Crippen molar-refractivity contribution in [2.45, 2.75) is 25.7 Å². The van der Waals surface area contributed by atoms with E-state index in [4.69, 9.17) is 5.26 Å². The summed E-state index contributed by atoms with van der Waals surface area (Å²) in [5.74, 6) is 0.788. The Morgan fingerprint density at radius 2 is 1.82 bits per heavy atom. The summed E-state index contributed by atoms with van der Waals surface area (Å²) in [5.41, 5.74) is 1.92. The van der Waals surface area contributed by atoms with Gasteiger partial charge in [-0.05, 0) is 37.3 Å². The molecule has 3 nitrogen and oxygen atoms in total. The number of nitrogens with zero attached hydrogens (tertiary/aromatic N) is 3. The highest BCUT2D eigenvalue weighted by atomic mass is 15.1. The van der Waals surface area contributed by atoms with Crippen LogP contribution in [0.25, 0.3) is 10.8 Å². The fraction of sp³-hybridized carbons (Fsp3) is 0.368. The molecular weight excluding hydrogens is 270 g/mol. The fourth-order valence-corrected chi connectivity index (χ4v) is 2.93. The largest absolute Gasteiger partial charge is 0.371 e. The van der Waals surface area contributed by atoms with Crippen molar-refractivity contribution in [2.24, 2.45) is 5.92 Å². The van der Waals surface area contributed by atoms with Gasteiger partial charge in [0.1, 0.15) is 0 Å². The molecule has 0 radical (unpaired) electrons. The summed E-state index contributed by atoms with van der Waals surface area (Å²) >= 11 is 0. The molecule has 22 heavy (non-hydrogen) atoms. The third kappa shape index (κ3) is 3.05. The smallest absolute Gasteiger partial charge is 0.0998 e. The van der Waals surface area contributed by atoms with Gasteiger partial charge >= 0.3 is 0 Å². The van der Waals surface area contributed by atoms with Crippen LogP contribution in [0.1, 0.15) is 31.2 Å². The molecule has 2 aromatic carbocycles. The highest BCUT2D eigenvalue weighted by Crippen LogP contribution is 2.35. The fourth-order valence-electron chi connectivity index (χ4n) is 2.93. The number of unbranched alkanes of at least 4 members (excludes halogenated alkanes) is 1. The first-order valence-corrected chi connectivity index (χ1v) is 7.87. The van der Waals surface area contributed by atoms with E-state index in [1.54, 1.807) is 0 Å². The number of hydrogen-bond acceptors (Lipinski definition) is 3. The Balaban J connectivity index is 1.97. The maximum Gasteiger partial charge on any atom is 0.0998 e. The van der Waals surface area contributed by atoms with Crippen molar-refractivity contribution >= 4 is 16.5 Å². The summed E-state index contributed by atoms with van der Waals surface area (Å²) in [7, 11) is 0. The Hall–Kier alpha value is -2.52. The average molecular weight is 289 g/mol. The van der Waals surface area contributed by atoms with Crippen LogP contribution >= 0.6 is 0 Å². The summed E-state index contributed by atoms with van der Waals surface area (Å²) in [6, 6.07) is 16.6. The zero-order chi connectivity index (χ0) is 15.4. The maximum atomic E-state index is 9.29. The third-order valence-corrected chi connectivity index (χ3v) is 4.25. The number of fused-ring (bicyclic) bond motifs is 1. The molecule has 0 aliphatic heterocycles. The second-order valence-corrected chi connectivity index (χ2v) is 5.94. The monoisotopic (exact) mass is 289 g/mol. The zero-order valence-corrected chi connectivity index (χ0v) is 12.6. The number of rotatable bonds is 6. The summed E-state index contributed by atoms with van der Waals surface area (Å²) in [6.45, 7) is 1.96. The van der Waals surface area contributed by atoms with E-state index < -0.39 is 0 Å². The van der Waals surface area contributed by atoms with E-state index >= 15 is 0 Å². The molecule has 3 rings (SSSR count). The van der Waals surface area contributed by atoms with Gasteiger partial charge in [-0.1, -0.05) is 24.3 Å². The summed E-state index contributed by atoms with van der Waals surface area (Å²) in [6.07, 6.45) is 4.10. The predicted octanol–water partition coefficient (Wildman–Crippen LogP) is 4.23. The lowest BCUT2D eigenvalue weighted by molar-refractivity contribution is 0.695. The number of nitriles is 2. The molecule has 0 bridgehead atoms. The minimum absolute atomic E-state index is 0.593. The highest BCUT2D eigenvalue weighted by molar-refractivity contribution is 5.97. The first-order chi connectivity index (χ1) is 10.8. The average Bonchev–Trinajstić information content (AvgIpc) is 3.37. The van der Waals surface area contributed by atoms with Gasteiger partial charge in [0.25, 0.3) is 0 Å². The molecule has 0 spiro atoms. The topological polar surface area (TPSA) is 50.8 Å². The quantitative estimate of drug-likeness (QED) is 0.748. The van der Waals surface area contributed by atoms with Gasteiger partial charge in [-0.3, -0.25) is 0 Å². The number of hydrogen-bond donors (Lipinski definition) is 0. The molecule has 1 saturated carbocycles. The second-order valence-electron chi connectivity index (χ2n) is 5.94. The molecule has 0 amide bonds. The van der Waals surface area contributed by atoms with Crippen molar-refractivity contribution in [3.05, 3.63) is 42.0 Å². The van der Waals surface area contributed by atoms with Crippen molar-refractivity contribution in [3.8, 4) is 12.1 Å². The van der Waals surface area contributed by atoms with E-state index in [1.165, 1.54) is 18.5 Å². The minimum Gasteiger partial charge on any atom is -0.371 e. The van der Waals surface area contributed by atoms with E-state index in [2.05, 4.69) is 29.2 Å². The van der Waals surface area contributed by atoms with Crippen LogP contribution in [-0.4, -0.2) is 13.1 Å². The normalized spacial score (nSPS) is 13.5. The van der Waals surface area contributed by atoms with Gasteiger partial charge in [-0.25, -0.2) is 0 Å². The third-order valence-electron chi connectivity index (χ3n) is 4.25. The van der Waals surface area contributed by atoms with Gasteiger partial charge in [0.2, 0.25) is 0 Å². The molecule has 0 N–H and O–H groups in total. The molecule has 110 valence electrons. The van der Waals surface area contributed by atoms with Crippen LogP contribution in [-0.2, 0) is 0 Å². The van der Waals surface area contributed by atoms with Crippen molar-refractivity contribution in [3.63, 3.8) is 0 Å². The van der Waals surface area contributed by atoms with Gasteiger partial charge in [0.15, 0.2) is 0 Å². The van der Waals surface area contributed by atoms with E-state index in [9.17, 15) is 5.26 Å². The van der Waals surface area contributed by atoms with Crippen LogP contribution in [0.15, 0.2) is 36.4 Å². The molecule has 1 aliphatic carbocycles. The van der Waals surface area contributed by atoms with Crippen LogP contribution in [0, 0.1) is 28.6 Å². The molecular formula is C19H19N3. The molecule has 3 heteroatoms. The SMILES string of the molecule is N#CCCCN(CC1CC1)c1ccc(C#N)c2ccccc12. The molecule has 1 fully saturated rings. The molecule has 0 unspecified atom stereocenters. The Kier molecular flexibility index (Phi) is 4.26. The van der Waals surface area contributed by atoms with E-state index in [-0.39, 0.29) is 0 Å². The molecule has 0 aromatic heterocycles. The summed E-state index contributed by atoms with van der Waals surface area (Å²) in [5, 5.41) is 20.2. The van der Waals surface area contributed by atoms with E-state index in [0.717, 1.165) is 41.8 Å². The second kappa shape index (κ2) is 6.50. The van der Waals surface area contributed by atoms with E-state index in [0.29, 0.717) is 6.42 Å². The highest BCUT2D eigenvalue weighted by Gasteiger charge is 2.25. The molecule has 0 atom stereocenters. The van der Waals surface area contributed by atoms with Crippen molar-refractivity contribution < 1.29 is 0 Å². The Morgan fingerprint density at radius 1 is 1.05 bits per heavy atom. The zero-order valence-electron chi connectivity index (χ0n) is 12.6. The molecule has 2 aromatic rings. The first kappa shape index (κ1) is 14.4. The van der Waals surface area contributed by atoms with E-state index in [1.807, 2.05) is 24.3 Å². The lowest BCUT2D eigenvalue weighted by Crippen LogP contribution is -2.27. The van der Waals surface area contributed by atoms with Crippen LogP contribution < -0.4 is 4.90 Å². The Morgan fingerprint density at radius 3 is 2.50 bits per heavy atom. The molecule has 1 aliphatic rings. The van der Waals surface area contributed by atoms with Crippen LogP contribution in [0.5, 0.6) is 0 Å². The van der Waals surface area contributed by atoms with Crippen LogP contribution in [0.4, 0.5) is 5.69 Å². The van der Waals surface area contributed by atoms with Gasteiger partial charge in [-0.15, -0.1) is 0 Å². The lowest BCUT2D eigenvalue weighted by Gasteiger charge is -2.26. The Bertz CT molecular complexity index is 747. The standard InChI is InChI=1S/C19H19N3/c20-11-3-4-12-22(14-15-7-8-15)19-10-9-16(13-21)17-5-1-2-6-18(17)19/h1-2,5-6,9-10,15H,3-4,7-8,12,14H2. The van der Waals surface area contributed by atoms with Crippen molar-refractivity contribution in [2.75, 3.05) is 18.0 Å². The summed E-state index contributed by atoms with van der Waals surface area (Å²) < 4.78 is 0. The molecule has 0 saturated heterocycles. The maximum absolute atomic E-state index is 9.29. The number of benzene rings is 2. The van der Waals surface area contributed by atoms with Gasteiger partial charge in [0.05, 0.1) is 17.7 Å². The van der Waals surface area contributed by atoms with Crippen molar-refractivity contribution in [1.82, 2.24) is 0 Å². The van der Waals surface area contributed by atoms with Crippen molar-refractivity contribution in [1.29, 1.82) is 10.5 Å². The van der Waals surface area contributed by atoms with Gasteiger partial charge in [-0.2, -0.15) is 10.5 Å².